The van der Waals surface area contributed by atoms with Crippen molar-refractivity contribution >= 4 is 28.4 Å². The first-order valence-corrected chi connectivity index (χ1v) is 8.35. The minimum absolute atomic E-state index is 0.0339. The molecule has 3 aromatic carbocycles. The van der Waals surface area contributed by atoms with Gasteiger partial charge in [-0.3, -0.25) is 4.79 Å². The second-order valence-electron chi connectivity index (χ2n) is 5.66. The van der Waals surface area contributed by atoms with Gasteiger partial charge in [-0.25, -0.2) is 0 Å². The number of anilines is 1. The lowest BCUT2D eigenvalue weighted by atomic mass is 10.0. The summed E-state index contributed by atoms with van der Waals surface area (Å²) in [5.41, 5.74) is 1.37. The third-order valence-electron chi connectivity index (χ3n) is 3.88. The number of nitriles is 1. The molecule has 0 bridgehead atoms. The lowest BCUT2D eigenvalue weighted by Gasteiger charge is -2.10. The molecule has 0 radical (unpaired) electrons. The van der Waals surface area contributed by atoms with Crippen molar-refractivity contribution in [2.24, 2.45) is 0 Å². The van der Waals surface area contributed by atoms with Crippen LogP contribution in [0.1, 0.15) is 12.5 Å². The second kappa shape index (κ2) is 8.00. The second-order valence-corrected chi connectivity index (χ2v) is 5.66. The fourth-order valence-electron chi connectivity index (χ4n) is 2.65. The number of nitrogens with zero attached hydrogens (tertiary/aromatic N) is 1. The van der Waals surface area contributed by atoms with E-state index < -0.39 is 5.91 Å². The Morgan fingerprint density at radius 3 is 2.58 bits per heavy atom. The van der Waals surface area contributed by atoms with Crippen LogP contribution in [0.5, 0.6) is 5.75 Å². The van der Waals surface area contributed by atoms with Crippen LogP contribution in [0.25, 0.3) is 16.8 Å². The van der Waals surface area contributed by atoms with E-state index in [-0.39, 0.29) is 5.57 Å². The van der Waals surface area contributed by atoms with Gasteiger partial charge in [-0.15, -0.1) is 0 Å². The molecule has 1 N–H and O–H groups in total. The molecule has 4 heteroatoms. The quantitative estimate of drug-likeness (QED) is 0.536. The molecule has 4 nitrogen and oxygen atoms in total. The number of hydrogen-bond donors (Lipinski definition) is 1. The van der Waals surface area contributed by atoms with Crippen LogP contribution in [-0.4, -0.2) is 12.5 Å². The van der Waals surface area contributed by atoms with Crippen molar-refractivity contribution in [3.05, 3.63) is 77.9 Å². The Morgan fingerprint density at radius 1 is 1.08 bits per heavy atom. The van der Waals surface area contributed by atoms with Crippen molar-refractivity contribution in [1.29, 1.82) is 5.26 Å². The number of nitrogens with one attached hydrogen (secondary N) is 1. The Labute approximate surface area is 152 Å². The highest BCUT2D eigenvalue weighted by atomic mass is 16.5. The molecule has 0 atom stereocenters. The fourth-order valence-corrected chi connectivity index (χ4v) is 2.65. The summed E-state index contributed by atoms with van der Waals surface area (Å²) in [7, 11) is 0. The van der Waals surface area contributed by atoms with E-state index in [0.29, 0.717) is 18.0 Å². The van der Waals surface area contributed by atoms with Gasteiger partial charge < -0.3 is 10.1 Å². The highest BCUT2D eigenvalue weighted by molar-refractivity contribution is 6.10. The maximum atomic E-state index is 12.5. The third kappa shape index (κ3) is 3.90. The molecule has 0 saturated carbocycles. The SMILES string of the molecule is CCOc1ccccc1NC(=O)/C(C#N)=C/c1ccc2ccccc2c1. The predicted octanol–water partition coefficient (Wildman–Crippen LogP) is 4.78. The molecule has 26 heavy (non-hydrogen) atoms. The summed E-state index contributed by atoms with van der Waals surface area (Å²) in [6.45, 7) is 2.36. The summed E-state index contributed by atoms with van der Waals surface area (Å²) >= 11 is 0. The third-order valence-corrected chi connectivity index (χ3v) is 3.88. The van der Waals surface area contributed by atoms with E-state index in [4.69, 9.17) is 4.74 Å². The van der Waals surface area contributed by atoms with Crippen molar-refractivity contribution < 1.29 is 9.53 Å². The Bertz CT molecular complexity index is 1020. The Morgan fingerprint density at radius 2 is 1.81 bits per heavy atom. The molecule has 0 spiro atoms. The zero-order valence-corrected chi connectivity index (χ0v) is 14.4. The largest absolute Gasteiger partial charge is 0.492 e. The number of rotatable bonds is 5. The van der Waals surface area contributed by atoms with E-state index in [1.54, 1.807) is 24.3 Å². The number of para-hydroxylation sites is 2. The van der Waals surface area contributed by atoms with Crippen LogP contribution < -0.4 is 10.1 Å². The van der Waals surface area contributed by atoms with Crippen LogP contribution >= 0.6 is 0 Å². The predicted molar refractivity (Wildman–Crippen MR) is 104 cm³/mol. The minimum Gasteiger partial charge on any atom is -0.492 e. The Kier molecular flexibility index (Phi) is 5.31. The van der Waals surface area contributed by atoms with Crippen LogP contribution in [-0.2, 0) is 4.79 Å². The van der Waals surface area contributed by atoms with Crippen molar-refractivity contribution in [3.8, 4) is 11.8 Å². The highest BCUT2D eigenvalue weighted by Gasteiger charge is 2.12. The zero-order valence-electron chi connectivity index (χ0n) is 14.4. The average Bonchev–Trinajstić information content (AvgIpc) is 2.67. The van der Waals surface area contributed by atoms with Gasteiger partial charge in [0.1, 0.15) is 17.4 Å². The lowest BCUT2D eigenvalue weighted by molar-refractivity contribution is -0.112. The van der Waals surface area contributed by atoms with Crippen LogP contribution in [0.3, 0.4) is 0 Å². The number of carbonyl (C=O) groups excluding carboxylic acids is 1. The van der Waals surface area contributed by atoms with E-state index in [0.717, 1.165) is 16.3 Å². The van der Waals surface area contributed by atoms with Crippen LogP contribution in [0.15, 0.2) is 72.3 Å². The molecule has 0 aliphatic heterocycles. The molecular formula is C22H18N2O2. The summed E-state index contributed by atoms with van der Waals surface area (Å²) in [4.78, 5) is 12.5. The summed E-state index contributed by atoms with van der Waals surface area (Å²) in [5, 5.41) is 14.3. The van der Waals surface area contributed by atoms with E-state index in [2.05, 4.69) is 5.32 Å². The molecule has 128 valence electrons. The van der Waals surface area contributed by atoms with Gasteiger partial charge in [0.2, 0.25) is 0 Å². The maximum Gasteiger partial charge on any atom is 0.266 e. The fraction of sp³-hybridized carbons (Fsp3) is 0.0909. The van der Waals surface area contributed by atoms with Gasteiger partial charge in [0, 0.05) is 0 Å². The molecule has 0 saturated heterocycles. The summed E-state index contributed by atoms with van der Waals surface area (Å²) in [6.07, 6.45) is 1.59. The molecular weight excluding hydrogens is 324 g/mol. The number of fused-ring (bicyclic) bond motifs is 1. The smallest absolute Gasteiger partial charge is 0.266 e. The first-order chi connectivity index (χ1) is 12.7. The molecule has 1 amide bonds. The number of amides is 1. The summed E-state index contributed by atoms with van der Waals surface area (Å²) in [5.74, 6) is 0.110. The molecule has 0 aromatic heterocycles. The average molecular weight is 342 g/mol. The number of carbonyl (C=O) groups is 1. The van der Waals surface area contributed by atoms with Crippen LogP contribution in [0.2, 0.25) is 0 Å². The van der Waals surface area contributed by atoms with E-state index in [9.17, 15) is 10.1 Å². The lowest BCUT2D eigenvalue weighted by Crippen LogP contribution is -2.14. The van der Waals surface area contributed by atoms with Gasteiger partial charge in [-0.1, -0.05) is 48.5 Å². The normalized spacial score (nSPS) is 11.0. The zero-order chi connectivity index (χ0) is 18.4. The van der Waals surface area contributed by atoms with Crippen LogP contribution in [0.4, 0.5) is 5.69 Å². The van der Waals surface area contributed by atoms with Gasteiger partial charge in [0.15, 0.2) is 0 Å². The number of ether oxygens (including phenoxy) is 1. The van der Waals surface area contributed by atoms with Gasteiger partial charge in [-0.2, -0.15) is 5.26 Å². The molecule has 3 aromatic rings. The Balaban J connectivity index is 1.86. The highest BCUT2D eigenvalue weighted by Crippen LogP contribution is 2.24. The Hall–Kier alpha value is -3.58. The van der Waals surface area contributed by atoms with Gasteiger partial charge in [0.25, 0.3) is 5.91 Å². The van der Waals surface area contributed by atoms with Gasteiger partial charge in [0.05, 0.1) is 12.3 Å². The van der Waals surface area contributed by atoms with Crippen LogP contribution in [0, 0.1) is 11.3 Å². The molecule has 0 aliphatic carbocycles. The van der Waals surface area contributed by atoms with E-state index in [1.807, 2.05) is 61.5 Å². The molecule has 0 fully saturated rings. The first-order valence-electron chi connectivity index (χ1n) is 8.35. The molecule has 3 rings (SSSR count). The van der Waals surface area contributed by atoms with Gasteiger partial charge in [-0.05, 0) is 47.5 Å². The number of hydrogen-bond acceptors (Lipinski definition) is 3. The summed E-state index contributed by atoms with van der Waals surface area (Å²) < 4.78 is 5.50. The van der Waals surface area contributed by atoms with Crippen molar-refractivity contribution in [1.82, 2.24) is 0 Å². The van der Waals surface area contributed by atoms with E-state index >= 15 is 0 Å². The topological polar surface area (TPSA) is 62.1 Å². The monoisotopic (exact) mass is 342 g/mol. The minimum atomic E-state index is -0.465. The summed E-state index contributed by atoms with van der Waals surface area (Å²) in [6, 6.07) is 22.9. The van der Waals surface area contributed by atoms with Gasteiger partial charge >= 0.3 is 0 Å². The number of benzene rings is 3. The van der Waals surface area contributed by atoms with Crippen molar-refractivity contribution in [2.75, 3.05) is 11.9 Å². The maximum absolute atomic E-state index is 12.5. The van der Waals surface area contributed by atoms with Crippen molar-refractivity contribution in [2.45, 2.75) is 6.92 Å². The molecule has 0 heterocycles. The molecule has 0 unspecified atom stereocenters. The van der Waals surface area contributed by atoms with E-state index in [1.165, 1.54) is 0 Å². The molecule has 0 aliphatic rings. The van der Waals surface area contributed by atoms with Crippen molar-refractivity contribution in [3.63, 3.8) is 0 Å². The standard InChI is InChI=1S/C22H18N2O2/c1-2-26-21-10-6-5-9-20(21)24-22(25)19(15-23)14-16-11-12-17-7-3-4-8-18(17)13-16/h3-14H,2H2,1H3,(H,24,25)/b19-14+. The first kappa shape index (κ1) is 17.2.